The molecule has 1 aliphatic carbocycles. The van der Waals surface area contributed by atoms with E-state index in [4.69, 9.17) is 9.97 Å². The Labute approximate surface area is 329 Å². The molecule has 13 nitrogen and oxygen atoms in total. The van der Waals surface area contributed by atoms with Crippen molar-refractivity contribution >= 4 is 45.9 Å². The number of carbonyl (C=O) groups is 5. The molecule has 5 aromatic rings. The molecule has 4 aliphatic rings. The Morgan fingerprint density at radius 3 is 2.56 bits per heavy atom. The van der Waals surface area contributed by atoms with Gasteiger partial charge in [-0.1, -0.05) is 43.3 Å². The van der Waals surface area contributed by atoms with E-state index in [1.807, 2.05) is 41.4 Å². The Kier molecular flexibility index (Phi) is 9.22. The molecule has 0 radical (unpaired) electrons. The highest BCUT2D eigenvalue weighted by Gasteiger charge is 2.40. The van der Waals surface area contributed by atoms with Crippen LogP contribution < -0.4 is 10.6 Å². The van der Waals surface area contributed by atoms with Crippen LogP contribution in [0.2, 0.25) is 0 Å². The number of allylic oxidation sites excluding steroid dienone is 2. The maximum atomic E-state index is 13.3. The van der Waals surface area contributed by atoms with Crippen LogP contribution in [-0.2, 0) is 40.4 Å². The Bertz CT molecular complexity index is 2540. The standard InChI is InChI=1S/C44H42N8O5/c1-3-39-48-41(38-24-50(25(2)53)16-17-51(38)39)31-8-4-6-27-19-36(46-22-33(27)31)29-12-13-35(45-21-29)42(55)47-20-26-10-11-28(18-26)30-7-5-9-32-34(30)23-52(44(32)57)37-14-15-40(54)49-43(37)56/h4-9,11-13,19,21-22,26,37H,3,10,14-18,20,23-24H2,1-2H3,(H,47,55)(H,49,54,56). The number of fused-ring (bicyclic) bond motifs is 3. The molecule has 1 fully saturated rings. The highest BCUT2D eigenvalue weighted by molar-refractivity contribution is 6.06. The number of nitrogens with zero attached hydrogens (tertiary/aromatic N) is 6. The first-order valence-electron chi connectivity index (χ1n) is 19.6. The molecular weight excluding hydrogens is 721 g/mol. The maximum Gasteiger partial charge on any atom is 0.269 e. The molecule has 0 bridgehead atoms. The van der Waals surface area contributed by atoms with E-state index in [-0.39, 0.29) is 36.0 Å². The number of imide groups is 1. The van der Waals surface area contributed by atoms with Crippen molar-refractivity contribution in [1.29, 1.82) is 0 Å². The van der Waals surface area contributed by atoms with Crippen LogP contribution in [0.5, 0.6) is 0 Å². The lowest BCUT2D eigenvalue weighted by molar-refractivity contribution is -0.137. The lowest BCUT2D eigenvalue weighted by atomic mass is 9.94. The molecular formula is C44H42N8O5. The summed E-state index contributed by atoms with van der Waals surface area (Å²) in [5.41, 5.74) is 8.37. The summed E-state index contributed by atoms with van der Waals surface area (Å²) in [7, 11) is 0. The van der Waals surface area contributed by atoms with Gasteiger partial charge in [-0.2, -0.15) is 0 Å². The molecule has 6 heterocycles. The fourth-order valence-corrected chi connectivity index (χ4v) is 8.79. The van der Waals surface area contributed by atoms with Crippen molar-refractivity contribution in [3.8, 4) is 22.5 Å². The molecule has 3 aliphatic heterocycles. The van der Waals surface area contributed by atoms with E-state index in [2.05, 4.69) is 45.3 Å². The molecule has 288 valence electrons. The molecule has 57 heavy (non-hydrogen) atoms. The van der Waals surface area contributed by atoms with E-state index in [9.17, 15) is 24.0 Å². The largest absolute Gasteiger partial charge is 0.350 e. The van der Waals surface area contributed by atoms with Crippen molar-refractivity contribution in [3.63, 3.8) is 0 Å². The number of hydrogen-bond donors (Lipinski definition) is 2. The van der Waals surface area contributed by atoms with Gasteiger partial charge >= 0.3 is 0 Å². The van der Waals surface area contributed by atoms with Gasteiger partial charge in [0.2, 0.25) is 17.7 Å². The second-order valence-electron chi connectivity index (χ2n) is 15.3. The highest BCUT2D eigenvalue weighted by Crippen LogP contribution is 2.39. The van der Waals surface area contributed by atoms with E-state index in [1.165, 1.54) is 0 Å². The van der Waals surface area contributed by atoms with Gasteiger partial charge in [-0.05, 0) is 71.5 Å². The number of amides is 5. The third-order valence-electron chi connectivity index (χ3n) is 11.8. The summed E-state index contributed by atoms with van der Waals surface area (Å²) in [5, 5.41) is 7.39. The van der Waals surface area contributed by atoms with Crippen molar-refractivity contribution in [3.05, 3.63) is 107 Å². The van der Waals surface area contributed by atoms with Crippen LogP contribution >= 0.6 is 0 Å². The van der Waals surface area contributed by atoms with Gasteiger partial charge < -0.3 is 19.7 Å². The van der Waals surface area contributed by atoms with Gasteiger partial charge in [-0.15, -0.1) is 0 Å². The van der Waals surface area contributed by atoms with Gasteiger partial charge in [0.05, 0.1) is 23.6 Å². The molecule has 2 N–H and O–H groups in total. The first-order chi connectivity index (χ1) is 27.7. The van der Waals surface area contributed by atoms with Crippen LogP contribution in [0.25, 0.3) is 38.9 Å². The van der Waals surface area contributed by atoms with Gasteiger partial charge in [-0.25, -0.2) is 4.98 Å². The van der Waals surface area contributed by atoms with Crippen molar-refractivity contribution in [1.82, 2.24) is 40.0 Å². The summed E-state index contributed by atoms with van der Waals surface area (Å²) in [5.74, 6) is 0.0821. The highest BCUT2D eigenvalue weighted by atomic mass is 16.2. The number of aryl methyl sites for hydroxylation is 1. The van der Waals surface area contributed by atoms with E-state index in [1.54, 1.807) is 30.2 Å². The first-order valence-corrected chi connectivity index (χ1v) is 19.6. The minimum absolute atomic E-state index is 0.0587. The maximum absolute atomic E-state index is 13.3. The van der Waals surface area contributed by atoms with Crippen LogP contribution in [0.3, 0.4) is 0 Å². The molecule has 2 atom stereocenters. The molecule has 0 spiro atoms. The molecule has 13 heteroatoms. The SMILES string of the molecule is CCc1nc(-c2cccc3cc(-c4ccc(C(=O)NCC5CC=C(c6cccc7c6CN(C6CCC(=O)NC6=O)C7=O)C5)nc4)ncc23)c2n1CCN(C(C)=O)C2. The van der Waals surface area contributed by atoms with E-state index in [0.29, 0.717) is 43.9 Å². The fourth-order valence-electron chi connectivity index (χ4n) is 8.79. The van der Waals surface area contributed by atoms with Crippen LogP contribution in [0, 0.1) is 5.92 Å². The number of piperidine rings is 1. The number of hydrogen-bond acceptors (Lipinski definition) is 8. The molecule has 9 rings (SSSR count). The average Bonchev–Trinajstić information content (AvgIpc) is 3.95. The van der Waals surface area contributed by atoms with Crippen LogP contribution in [-0.4, -0.2) is 78.0 Å². The first kappa shape index (κ1) is 36.2. The zero-order chi connectivity index (χ0) is 39.4. The number of pyridine rings is 2. The number of aromatic nitrogens is 4. The third kappa shape index (κ3) is 6.56. The Balaban J connectivity index is 0.846. The summed E-state index contributed by atoms with van der Waals surface area (Å²) in [6, 6.07) is 16.8. The summed E-state index contributed by atoms with van der Waals surface area (Å²) in [6.07, 6.45) is 8.57. The Morgan fingerprint density at radius 1 is 0.947 bits per heavy atom. The minimum Gasteiger partial charge on any atom is -0.350 e. The Hall–Kier alpha value is -6.50. The lowest BCUT2D eigenvalue weighted by Gasteiger charge is -2.29. The molecule has 1 saturated heterocycles. The lowest BCUT2D eigenvalue weighted by Crippen LogP contribution is -2.52. The number of nitrogens with one attached hydrogen (secondary N) is 2. The predicted molar refractivity (Wildman–Crippen MR) is 212 cm³/mol. The topological polar surface area (TPSA) is 159 Å². The van der Waals surface area contributed by atoms with Gasteiger partial charge in [0.25, 0.3) is 11.8 Å². The van der Waals surface area contributed by atoms with Crippen molar-refractivity contribution in [2.75, 3.05) is 13.1 Å². The molecule has 2 unspecified atom stereocenters. The second kappa shape index (κ2) is 14.5. The summed E-state index contributed by atoms with van der Waals surface area (Å²) >= 11 is 0. The van der Waals surface area contributed by atoms with Gasteiger partial charge in [0.1, 0.15) is 17.6 Å². The molecule has 2 aromatic carbocycles. The van der Waals surface area contributed by atoms with Crippen LogP contribution in [0.15, 0.2) is 73.1 Å². The van der Waals surface area contributed by atoms with Crippen molar-refractivity contribution in [2.45, 2.75) is 71.6 Å². The summed E-state index contributed by atoms with van der Waals surface area (Å²) in [4.78, 5) is 80.8. The number of rotatable bonds is 8. The minimum atomic E-state index is -0.660. The predicted octanol–water partition coefficient (Wildman–Crippen LogP) is 5.07. The van der Waals surface area contributed by atoms with Gasteiger partial charge in [-0.3, -0.25) is 39.3 Å². The number of carbonyl (C=O) groups excluding carboxylic acids is 5. The van der Waals surface area contributed by atoms with Gasteiger partial charge in [0, 0.05) is 80.4 Å². The number of imidazole rings is 1. The van der Waals surface area contributed by atoms with Gasteiger partial charge in [0.15, 0.2) is 0 Å². The monoisotopic (exact) mass is 762 g/mol. The van der Waals surface area contributed by atoms with Crippen molar-refractivity contribution in [2.24, 2.45) is 5.92 Å². The zero-order valence-electron chi connectivity index (χ0n) is 31.9. The quantitative estimate of drug-likeness (QED) is 0.208. The molecule has 5 amide bonds. The average molecular weight is 763 g/mol. The molecule has 3 aromatic heterocycles. The third-order valence-corrected chi connectivity index (χ3v) is 11.8. The summed E-state index contributed by atoms with van der Waals surface area (Å²) < 4.78 is 2.25. The van der Waals surface area contributed by atoms with Crippen LogP contribution in [0.1, 0.15) is 83.0 Å². The zero-order valence-corrected chi connectivity index (χ0v) is 31.9. The second-order valence-corrected chi connectivity index (χ2v) is 15.3. The van der Waals surface area contributed by atoms with Crippen molar-refractivity contribution < 1.29 is 24.0 Å². The van der Waals surface area contributed by atoms with E-state index < -0.39 is 11.9 Å². The van der Waals surface area contributed by atoms with E-state index >= 15 is 0 Å². The normalized spacial score (nSPS) is 19.1. The Morgan fingerprint density at radius 2 is 1.77 bits per heavy atom. The molecule has 0 saturated carbocycles. The summed E-state index contributed by atoms with van der Waals surface area (Å²) in [6.45, 7) is 6.44. The van der Waals surface area contributed by atoms with E-state index in [0.717, 1.165) is 87.3 Å². The van der Waals surface area contributed by atoms with Crippen LogP contribution in [0.4, 0.5) is 0 Å². The fraction of sp³-hybridized carbons (Fsp3) is 0.318. The number of benzene rings is 2. The smallest absolute Gasteiger partial charge is 0.269 e.